The van der Waals surface area contributed by atoms with Crippen LogP contribution in [0.2, 0.25) is 0 Å². The molecular weight excluding hydrogens is 461 g/mol. The molecule has 35 heavy (non-hydrogen) atoms. The Labute approximate surface area is 204 Å². The molecule has 3 aromatic carbocycles. The lowest BCUT2D eigenvalue weighted by Gasteiger charge is -2.04. The van der Waals surface area contributed by atoms with E-state index in [2.05, 4.69) is 34.6 Å². The Morgan fingerprint density at radius 2 is 1.86 bits per heavy atom. The van der Waals surface area contributed by atoms with Gasteiger partial charge in [-0.3, -0.25) is 10.1 Å². The average molecular weight is 480 g/mol. The fraction of sp³-hybridized carbons (Fsp3) is 0.0357. The molecule has 2 heterocycles. The van der Waals surface area contributed by atoms with E-state index in [1.165, 1.54) is 45.9 Å². The quantitative estimate of drug-likeness (QED) is 0.214. The minimum absolute atomic E-state index is 0.115. The van der Waals surface area contributed by atoms with Gasteiger partial charge in [-0.15, -0.1) is 11.3 Å². The molecule has 0 spiro atoms. The number of aromatic nitrogens is 1. The van der Waals surface area contributed by atoms with Gasteiger partial charge in [-0.1, -0.05) is 42.5 Å². The van der Waals surface area contributed by atoms with Crippen molar-refractivity contribution in [2.75, 3.05) is 5.32 Å². The Kier molecular flexibility index (Phi) is 6.20. The molecule has 7 heteroatoms. The van der Waals surface area contributed by atoms with Crippen LogP contribution < -0.4 is 5.32 Å². The van der Waals surface area contributed by atoms with Crippen LogP contribution in [0.15, 0.2) is 95.0 Å². The molecule has 170 valence electrons. The molecule has 2 aromatic heterocycles. The van der Waals surface area contributed by atoms with Gasteiger partial charge in [0, 0.05) is 29.1 Å². The number of rotatable bonds is 6. The van der Waals surface area contributed by atoms with Crippen molar-refractivity contribution in [3.05, 3.63) is 113 Å². The van der Waals surface area contributed by atoms with Crippen molar-refractivity contribution < 1.29 is 13.6 Å². The third kappa shape index (κ3) is 5.03. The number of fused-ring (bicyclic) bond motifs is 1. The van der Waals surface area contributed by atoms with Gasteiger partial charge in [0.15, 0.2) is 5.13 Å². The summed E-state index contributed by atoms with van der Waals surface area (Å²) in [5.74, 6) is -0.0663. The highest BCUT2D eigenvalue weighted by atomic mass is 32.1. The van der Waals surface area contributed by atoms with E-state index in [1.54, 1.807) is 30.5 Å². The highest BCUT2D eigenvalue weighted by Crippen LogP contribution is 2.27. The Morgan fingerprint density at radius 3 is 2.69 bits per heavy atom. The molecule has 5 aromatic rings. The number of hydrogen-bond acceptors (Lipinski definition) is 5. The van der Waals surface area contributed by atoms with E-state index < -0.39 is 5.91 Å². The van der Waals surface area contributed by atoms with Crippen LogP contribution in [0.3, 0.4) is 0 Å². The molecule has 1 amide bonds. The largest absolute Gasteiger partial charge is 0.457 e. The summed E-state index contributed by atoms with van der Waals surface area (Å²) in [5, 5.41) is 15.0. The lowest BCUT2D eigenvalue weighted by Crippen LogP contribution is -2.13. The highest BCUT2D eigenvalue weighted by Gasteiger charge is 2.14. The maximum absolute atomic E-state index is 13.1. The van der Waals surface area contributed by atoms with Crippen molar-refractivity contribution >= 4 is 39.2 Å². The minimum atomic E-state index is -0.571. The molecule has 0 fully saturated rings. The van der Waals surface area contributed by atoms with Crippen LogP contribution in [0.5, 0.6) is 0 Å². The Hall–Kier alpha value is -4.54. The van der Waals surface area contributed by atoms with Gasteiger partial charge in [0.05, 0.1) is 0 Å². The number of amides is 1. The van der Waals surface area contributed by atoms with Crippen molar-refractivity contribution in [3.63, 3.8) is 0 Å². The van der Waals surface area contributed by atoms with Gasteiger partial charge in [0.25, 0.3) is 5.91 Å². The van der Waals surface area contributed by atoms with Gasteiger partial charge >= 0.3 is 0 Å². The highest BCUT2D eigenvalue weighted by molar-refractivity contribution is 7.15. The topological polar surface area (TPSA) is 78.9 Å². The fourth-order valence-electron chi connectivity index (χ4n) is 3.74. The number of hydrogen-bond donors (Lipinski definition) is 1. The summed E-state index contributed by atoms with van der Waals surface area (Å²) in [5.41, 5.74) is 1.75. The third-order valence-corrected chi connectivity index (χ3v) is 6.34. The van der Waals surface area contributed by atoms with Gasteiger partial charge < -0.3 is 4.42 Å². The molecule has 0 aliphatic carbocycles. The predicted octanol–water partition coefficient (Wildman–Crippen LogP) is 6.83. The van der Waals surface area contributed by atoms with Crippen molar-refractivity contribution in [2.24, 2.45) is 0 Å². The first kappa shape index (κ1) is 22.3. The maximum Gasteiger partial charge on any atom is 0.268 e. The zero-order valence-corrected chi connectivity index (χ0v) is 19.2. The SMILES string of the molecule is N#CC(=Cc1ccc(-c2ccc(F)cc2)o1)C(=O)Nc1ncc(Cc2cccc3ccccc23)s1. The number of nitriles is 1. The van der Waals surface area contributed by atoms with E-state index in [1.807, 2.05) is 24.3 Å². The van der Waals surface area contributed by atoms with Gasteiger partial charge in [0.2, 0.25) is 0 Å². The average Bonchev–Trinajstić information content (AvgIpc) is 3.53. The van der Waals surface area contributed by atoms with Gasteiger partial charge in [-0.2, -0.15) is 5.26 Å². The molecule has 0 aliphatic heterocycles. The number of furan rings is 1. The Bertz CT molecular complexity index is 1590. The molecule has 5 nitrogen and oxygen atoms in total. The van der Waals surface area contributed by atoms with Crippen molar-refractivity contribution in [1.29, 1.82) is 5.26 Å². The standard InChI is InChI=1S/C28H18FN3O2S/c29-22-10-8-19(9-11-22)26-13-12-23(34-26)14-21(16-30)27(33)32-28-31-17-24(35-28)15-20-6-3-5-18-4-1-2-7-25(18)20/h1-14,17H,15H2,(H,31,32,33). The molecule has 0 saturated heterocycles. The zero-order chi connectivity index (χ0) is 24.2. The monoisotopic (exact) mass is 479 g/mol. The normalized spacial score (nSPS) is 11.4. The first-order valence-corrected chi connectivity index (χ1v) is 11.6. The van der Waals surface area contributed by atoms with E-state index in [4.69, 9.17) is 4.42 Å². The van der Waals surface area contributed by atoms with Crippen LogP contribution in [-0.4, -0.2) is 10.9 Å². The lowest BCUT2D eigenvalue weighted by molar-refractivity contribution is -0.112. The lowest BCUT2D eigenvalue weighted by atomic mass is 10.0. The first-order chi connectivity index (χ1) is 17.1. The van der Waals surface area contributed by atoms with Crippen molar-refractivity contribution in [2.45, 2.75) is 6.42 Å². The molecular formula is C28H18FN3O2S. The number of thiazole rings is 1. The Morgan fingerprint density at radius 1 is 1.06 bits per heavy atom. The number of carbonyl (C=O) groups is 1. The fourth-order valence-corrected chi connectivity index (χ4v) is 4.57. The summed E-state index contributed by atoms with van der Waals surface area (Å²) < 4.78 is 18.8. The van der Waals surface area contributed by atoms with Crippen LogP contribution in [0, 0.1) is 17.1 Å². The van der Waals surface area contributed by atoms with Crippen molar-refractivity contribution in [1.82, 2.24) is 4.98 Å². The van der Waals surface area contributed by atoms with E-state index in [0.29, 0.717) is 28.6 Å². The molecule has 0 aliphatic rings. The smallest absolute Gasteiger partial charge is 0.268 e. The summed E-state index contributed by atoms with van der Waals surface area (Å²) in [6.07, 6.45) is 3.79. The van der Waals surface area contributed by atoms with E-state index in [0.717, 1.165) is 4.88 Å². The van der Waals surface area contributed by atoms with Crippen LogP contribution in [-0.2, 0) is 11.2 Å². The summed E-state index contributed by atoms with van der Waals surface area (Å²) >= 11 is 1.37. The molecule has 5 rings (SSSR count). The van der Waals surface area contributed by atoms with Gasteiger partial charge in [0.1, 0.15) is 29.0 Å². The summed E-state index contributed by atoms with van der Waals surface area (Å²) in [7, 11) is 0. The second kappa shape index (κ2) is 9.75. The number of nitrogens with one attached hydrogen (secondary N) is 1. The summed E-state index contributed by atoms with van der Waals surface area (Å²) in [6, 6.07) is 25.5. The molecule has 0 atom stereocenters. The second-order valence-corrected chi connectivity index (χ2v) is 8.89. The molecule has 0 unspecified atom stereocenters. The molecule has 0 saturated carbocycles. The summed E-state index contributed by atoms with van der Waals surface area (Å²) in [6.45, 7) is 0. The van der Waals surface area contributed by atoms with Crippen LogP contribution in [0.4, 0.5) is 9.52 Å². The molecule has 0 bridgehead atoms. The maximum atomic E-state index is 13.1. The molecule has 0 radical (unpaired) electrons. The minimum Gasteiger partial charge on any atom is -0.457 e. The van der Waals surface area contributed by atoms with Crippen LogP contribution >= 0.6 is 11.3 Å². The Balaban J connectivity index is 1.29. The second-order valence-electron chi connectivity index (χ2n) is 7.78. The van der Waals surface area contributed by atoms with E-state index in [-0.39, 0.29) is 11.4 Å². The van der Waals surface area contributed by atoms with Crippen LogP contribution in [0.25, 0.3) is 28.2 Å². The number of carbonyl (C=O) groups excluding carboxylic acids is 1. The summed E-state index contributed by atoms with van der Waals surface area (Å²) in [4.78, 5) is 18.0. The number of anilines is 1. The van der Waals surface area contributed by atoms with E-state index >= 15 is 0 Å². The third-order valence-electron chi connectivity index (χ3n) is 5.43. The number of nitrogens with zero attached hydrogens (tertiary/aromatic N) is 2. The number of benzene rings is 3. The first-order valence-electron chi connectivity index (χ1n) is 10.8. The number of halogens is 1. The van der Waals surface area contributed by atoms with Crippen LogP contribution in [0.1, 0.15) is 16.2 Å². The van der Waals surface area contributed by atoms with E-state index in [9.17, 15) is 14.4 Å². The molecule has 1 N–H and O–H groups in total. The zero-order valence-electron chi connectivity index (χ0n) is 18.4. The van der Waals surface area contributed by atoms with Gasteiger partial charge in [-0.25, -0.2) is 9.37 Å². The van der Waals surface area contributed by atoms with Gasteiger partial charge in [-0.05, 0) is 52.7 Å². The predicted molar refractivity (Wildman–Crippen MR) is 135 cm³/mol. The van der Waals surface area contributed by atoms with Crippen molar-refractivity contribution in [3.8, 4) is 17.4 Å².